The summed E-state index contributed by atoms with van der Waals surface area (Å²) in [6.45, 7) is 1.88. The summed E-state index contributed by atoms with van der Waals surface area (Å²) in [6, 6.07) is 0. The van der Waals surface area contributed by atoms with E-state index in [0.29, 0.717) is 0 Å². The van der Waals surface area contributed by atoms with Gasteiger partial charge in [-0.3, -0.25) is 0 Å². The van der Waals surface area contributed by atoms with Crippen LogP contribution in [0.15, 0.2) is 9.19 Å². The molecule has 3 nitrogen and oxygen atoms in total. The van der Waals surface area contributed by atoms with Crippen LogP contribution in [0.2, 0.25) is 0 Å². The van der Waals surface area contributed by atoms with Crippen molar-refractivity contribution in [2.45, 2.75) is 13.0 Å². The fourth-order valence-electron chi connectivity index (χ4n) is 1.11. The van der Waals surface area contributed by atoms with Gasteiger partial charge in [-0.15, -0.1) is 0 Å². The van der Waals surface area contributed by atoms with Gasteiger partial charge >= 0.3 is 0 Å². The number of rotatable bonds is 0. The van der Waals surface area contributed by atoms with E-state index in [2.05, 4.69) is 26.4 Å². The van der Waals surface area contributed by atoms with Gasteiger partial charge in [-0.1, -0.05) is 5.16 Å². The van der Waals surface area contributed by atoms with Crippen LogP contribution in [0.1, 0.15) is 11.3 Å². The molecule has 0 radical (unpaired) electrons. The third-order valence-corrected chi connectivity index (χ3v) is 2.29. The SMILES string of the molecule is Brc1onc2c1CNCC2. The fraction of sp³-hybridized carbons (Fsp3) is 0.500. The number of aromatic nitrogens is 1. The van der Waals surface area contributed by atoms with E-state index >= 15 is 0 Å². The van der Waals surface area contributed by atoms with Gasteiger partial charge in [0.05, 0.1) is 5.69 Å². The fourth-order valence-corrected chi connectivity index (χ4v) is 1.55. The normalized spacial score (nSPS) is 16.9. The maximum atomic E-state index is 4.94. The molecular formula is C6H7BrN2O. The summed E-state index contributed by atoms with van der Waals surface area (Å²) in [5.74, 6) is 0. The topological polar surface area (TPSA) is 38.1 Å². The van der Waals surface area contributed by atoms with Crippen molar-refractivity contribution in [2.75, 3.05) is 6.54 Å². The first kappa shape index (κ1) is 6.37. The second-order valence-electron chi connectivity index (χ2n) is 2.31. The zero-order valence-electron chi connectivity index (χ0n) is 5.35. The Morgan fingerprint density at radius 3 is 3.30 bits per heavy atom. The second-order valence-corrected chi connectivity index (χ2v) is 3.03. The maximum absolute atomic E-state index is 4.94. The van der Waals surface area contributed by atoms with Crippen molar-refractivity contribution in [2.24, 2.45) is 0 Å². The van der Waals surface area contributed by atoms with Gasteiger partial charge in [0, 0.05) is 25.1 Å². The van der Waals surface area contributed by atoms with Gasteiger partial charge in [-0.05, 0) is 15.9 Å². The second kappa shape index (κ2) is 2.36. The molecule has 0 saturated carbocycles. The van der Waals surface area contributed by atoms with Crippen LogP contribution in [0.4, 0.5) is 0 Å². The Morgan fingerprint density at radius 2 is 2.50 bits per heavy atom. The summed E-state index contributed by atoms with van der Waals surface area (Å²) in [6.07, 6.45) is 0.977. The van der Waals surface area contributed by atoms with Crippen LogP contribution in [-0.4, -0.2) is 11.7 Å². The molecule has 0 bridgehead atoms. The van der Waals surface area contributed by atoms with Gasteiger partial charge < -0.3 is 9.84 Å². The van der Waals surface area contributed by atoms with Gasteiger partial charge in [0.2, 0.25) is 4.67 Å². The summed E-state index contributed by atoms with van der Waals surface area (Å²) < 4.78 is 5.72. The van der Waals surface area contributed by atoms with E-state index in [1.54, 1.807) is 0 Å². The third kappa shape index (κ3) is 0.876. The van der Waals surface area contributed by atoms with E-state index in [4.69, 9.17) is 4.52 Å². The van der Waals surface area contributed by atoms with Crippen LogP contribution in [-0.2, 0) is 13.0 Å². The summed E-state index contributed by atoms with van der Waals surface area (Å²) >= 11 is 3.28. The monoisotopic (exact) mass is 202 g/mol. The number of nitrogens with one attached hydrogen (secondary N) is 1. The maximum Gasteiger partial charge on any atom is 0.206 e. The highest BCUT2D eigenvalue weighted by molar-refractivity contribution is 9.10. The van der Waals surface area contributed by atoms with E-state index in [1.807, 2.05) is 0 Å². The first-order valence-electron chi connectivity index (χ1n) is 3.21. The zero-order chi connectivity index (χ0) is 6.97. The molecule has 0 aromatic carbocycles. The molecule has 0 unspecified atom stereocenters. The molecule has 0 fully saturated rings. The Morgan fingerprint density at radius 1 is 1.60 bits per heavy atom. The summed E-state index contributed by atoms with van der Waals surface area (Å²) in [5.41, 5.74) is 2.26. The predicted molar refractivity (Wildman–Crippen MR) is 39.6 cm³/mol. The summed E-state index contributed by atoms with van der Waals surface area (Å²) in [5, 5.41) is 7.13. The van der Waals surface area contributed by atoms with Crippen LogP contribution in [0.5, 0.6) is 0 Å². The Labute approximate surface area is 66.9 Å². The first-order chi connectivity index (χ1) is 4.88. The van der Waals surface area contributed by atoms with Crippen molar-refractivity contribution in [1.82, 2.24) is 10.5 Å². The van der Waals surface area contributed by atoms with Gasteiger partial charge in [-0.25, -0.2) is 0 Å². The molecule has 0 aliphatic carbocycles. The highest BCUT2D eigenvalue weighted by Crippen LogP contribution is 2.22. The lowest BCUT2D eigenvalue weighted by Crippen LogP contribution is -2.23. The van der Waals surface area contributed by atoms with Gasteiger partial charge in [0.1, 0.15) is 0 Å². The van der Waals surface area contributed by atoms with Gasteiger partial charge in [-0.2, -0.15) is 0 Å². The van der Waals surface area contributed by atoms with E-state index < -0.39 is 0 Å². The lowest BCUT2D eigenvalue weighted by molar-refractivity contribution is 0.393. The molecule has 1 N–H and O–H groups in total. The van der Waals surface area contributed by atoms with Crippen molar-refractivity contribution in [1.29, 1.82) is 0 Å². The lowest BCUT2D eigenvalue weighted by atomic mass is 10.1. The Hall–Kier alpha value is -0.350. The van der Waals surface area contributed by atoms with Crippen LogP contribution in [0.3, 0.4) is 0 Å². The lowest BCUT2D eigenvalue weighted by Gasteiger charge is -2.09. The minimum Gasteiger partial charge on any atom is -0.349 e. The van der Waals surface area contributed by atoms with Crippen LogP contribution in [0, 0.1) is 0 Å². The van der Waals surface area contributed by atoms with Crippen LogP contribution >= 0.6 is 15.9 Å². The van der Waals surface area contributed by atoms with E-state index in [0.717, 1.165) is 29.9 Å². The molecule has 1 aromatic rings. The van der Waals surface area contributed by atoms with Crippen molar-refractivity contribution < 1.29 is 4.52 Å². The molecule has 2 heterocycles. The van der Waals surface area contributed by atoms with E-state index in [1.165, 1.54) is 5.56 Å². The molecule has 10 heavy (non-hydrogen) atoms. The van der Waals surface area contributed by atoms with E-state index in [9.17, 15) is 0 Å². The largest absolute Gasteiger partial charge is 0.349 e. The average Bonchev–Trinajstić information content (AvgIpc) is 2.34. The first-order valence-corrected chi connectivity index (χ1v) is 4.01. The molecule has 1 aliphatic heterocycles. The molecule has 4 heteroatoms. The Bertz CT molecular complexity index is 246. The number of halogens is 1. The number of nitrogens with zero attached hydrogens (tertiary/aromatic N) is 1. The van der Waals surface area contributed by atoms with E-state index in [-0.39, 0.29) is 0 Å². The van der Waals surface area contributed by atoms with Crippen LogP contribution < -0.4 is 5.32 Å². The van der Waals surface area contributed by atoms with Gasteiger partial charge in [0.25, 0.3) is 0 Å². The molecule has 1 aliphatic rings. The molecule has 0 amide bonds. The molecule has 0 spiro atoms. The third-order valence-electron chi connectivity index (χ3n) is 1.66. The van der Waals surface area contributed by atoms with Crippen LogP contribution in [0.25, 0.3) is 0 Å². The molecule has 54 valence electrons. The van der Waals surface area contributed by atoms with Crippen molar-refractivity contribution in [3.8, 4) is 0 Å². The Balaban J connectivity index is 2.45. The number of fused-ring (bicyclic) bond motifs is 1. The minimum absolute atomic E-state index is 0.773. The van der Waals surface area contributed by atoms with Crippen molar-refractivity contribution >= 4 is 15.9 Å². The molecule has 2 rings (SSSR count). The standard InChI is InChI=1S/C6H7BrN2O/c7-6-4-3-8-2-1-5(4)9-10-6/h8H,1-3H2. The molecular weight excluding hydrogens is 196 g/mol. The predicted octanol–water partition coefficient (Wildman–Crippen LogP) is 1.08. The highest BCUT2D eigenvalue weighted by Gasteiger charge is 2.16. The quantitative estimate of drug-likeness (QED) is 0.685. The highest BCUT2D eigenvalue weighted by atomic mass is 79.9. The number of hydrogen-bond acceptors (Lipinski definition) is 3. The smallest absolute Gasteiger partial charge is 0.206 e. The average molecular weight is 203 g/mol. The van der Waals surface area contributed by atoms with Crippen molar-refractivity contribution in [3.63, 3.8) is 0 Å². The summed E-state index contributed by atoms with van der Waals surface area (Å²) in [7, 11) is 0. The zero-order valence-corrected chi connectivity index (χ0v) is 6.94. The molecule has 0 atom stereocenters. The van der Waals surface area contributed by atoms with Crippen molar-refractivity contribution in [3.05, 3.63) is 15.9 Å². The minimum atomic E-state index is 0.773. The Kier molecular flexibility index (Phi) is 1.50. The summed E-state index contributed by atoms with van der Waals surface area (Å²) in [4.78, 5) is 0. The molecule has 0 saturated heterocycles. The molecule has 1 aromatic heterocycles. The number of hydrogen-bond donors (Lipinski definition) is 1. The van der Waals surface area contributed by atoms with Gasteiger partial charge in [0.15, 0.2) is 0 Å².